The molecule has 41 heavy (non-hydrogen) atoms. The lowest BCUT2D eigenvalue weighted by atomic mass is 9.51. The number of methoxy groups -OCH3 is 1. The van der Waals surface area contributed by atoms with Crippen molar-refractivity contribution in [2.75, 3.05) is 7.11 Å². The predicted octanol–water partition coefficient (Wildman–Crippen LogP) is 6.65. The summed E-state index contributed by atoms with van der Waals surface area (Å²) in [5.74, 6) is -0.816. The lowest BCUT2D eigenvalue weighted by Gasteiger charge is -2.58. The number of hydrogen-bond donors (Lipinski definition) is 3. The highest BCUT2D eigenvalue weighted by atomic mass is 79.9. The highest BCUT2D eigenvalue weighted by Crippen LogP contribution is 2.61. The van der Waals surface area contributed by atoms with E-state index in [1.807, 2.05) is 55.5 Å². The summed E-state index contributed by atoms with van der Waals surface area (Å²) in [6, 6.07) is 20.2. The fourth-order valence-corrected chi connectivity index (χ4v) is 7.49. The zero-order valence-corrected chi connectivity index (χ0v) is 24.5. The van der Waals surface area contributed by atoms with E-state index in [1.54, 1.807) is 12.1 Å². The molecule has 6 nitrogen and oxygen atoms in total. The third-order valence-corrected chi connectivity index (χ3v) is 9.87. The fourth-order valence-electron chi connectivity index (χ4n) is 7.12. The van der Waals surface area contributed by atoms with Gasteiger partial charge in [0, 0.05) is 37.9 Å². The van der Waals surface area contributed by atoms with Crippen LogP contribution in [-0.2, 0) is 0 Å². The summed E-state index contributed by atoms with van der Waals surface area (Å²) in [5.41, 5.74) is 2.40. The van der Waals surface area contributed by atoms with E-state index in [9.17, 15) is 15.0 Å². The van der Waals surface area contributed by atoms with Crippen molar-refractivity contribution in [1.29, 1.82) is 0 Å². The van der Waals surface area contributed by atoms with Gasteiger partial charge in [-0.05, 0) is 74.9 Å². The topological polar surface area (TPSA) is 91.7 Å². The largest absolute Gasteiger partial charge is 0.496 e. The molecule has 0 aliphatic heterocycles. The summed E-state index contributed by atoms with van der Waals surface area (Å²) in [5, 5.41) is 24.9. The van der Waals surface area contributed by atoms with Gasteiger partial charge in [0.1, 0.15) is 11.6 Å². The molecule has 1 heterocycles. The fraction of sp³-hybridized carbons (Fsp3) is 0.333. The first-order chi connectivity index (χ1) is 19.7. The van der Waals surface area contributed by atoms with Gasteiger partial charge in [-0.1, -0.05) is 52.3 Å². The van der Waals surface area contributed by atoms with Crippen LogP contribution in [0.3, 0.4) is 0 Å². The molecule has 3 aromatic carbocycles. The van der Waals surface area contributed by atoms with E-state index >= 15 is 4.39 Å². The summed E-state index contributed by atoms with van der Waals surface area (Å²) in [4.78, 5) is 19.4. The Kier molecular flexibility index (Phi) is 7.12. The van der Waals surface area contributed by atoms with Gasteiger partial charge in [-0.3, -0.25) is 4.79 Å². The molecule has 0 saturated heterocycles. The Morgan fingerprint density at radius 1 is 1.07 bits per heavy atom. The zero-order chi connectivity index (χ0) is 28.9. The number of halogens is 2. The maximum Gasteiger partial charge on any atom is 0.252 e. The molecule has 8 heteroatoms. The van der Waals surface area contributed by atoms with E-state index in [0.29, 0.717) is 54.5 Å². The van der Waals surface area contributed by atoms with Crippen molar-refractivity contribution in [3.8, 4) is 17.0 Å². The third-order valence-electron chi connectivity index (χ3n) is 9.37. The second-order valence-electron chi connectivity index (χ2n) is 11.4. The van der Waals surface area contributed by atoms with Crippen LogP contribution < -0.4 is 10.1 Å². The average Bonchev–Trinajstić information content (AvgIpc) is 2.97. The second kappa shape index (κ2) is 10.5. The van der Waals surface area contributed by atoms with Gasteiger partial charge in [0.05, 0.1) is 23.9 Å². The smallest absolute Gasteiger partial charge is 0.252 e. The number of aliphatic hydroxyl groups is 2. The van der Waals surface area contributed by atoms with Gasteiger partial charge < -0.3 is 20.3 Å². The normalized spacial score (nSPS) is 23.6. The maximum absolute atomic E-state index is 15.5. The molecule has 0 spiro atoms. The van der Waals surface area contributed by atoms with E-state index < -0.39 is 29.0 Å². The molecule has 3 aliphatic rings. The van der Waals surface area contributed by atoms with Gasteiger partial charge in [-0.15, -0.1) is 0 Å². The molecule has 7 rings (SSSR count). The standard InChI is InChI=1S/C33H32BrFN2O4/c1-19-27(22-17-21(34)11-12-25(22)36-29(19)20-7-4-3-5-8-20)30(38)37-33-15-13-32(14-16-33,31(39)40)18-23(33)28-24(35)9-6-10-26(28)41-2/h3-12,17,23,31,39-40H,13-16,18H2,1-2H3,(H,37,38). The minimum absolute atomic E-state index is 0.260. The van der Waals surface area contributed by atoms with Gasteiger partial charge in [0.2, 0.25) is 0 Å². The zero-order valence-electron chi connectivity index (χ0n) is 23.0. The van der Waals surface area contributed by atoms with E-state index in [1.165, 1.54) is 13.2 Å². The lowest BCUT2D eigenvalue weighted by molar-refractivity contribution is -0.181. The van der Waals surface area contributed by atoms with Crippen LogP contribution in [-0.4, -0.2) is 40.0 Å². The Morgan fingerprint density at radius 3 is 2.49 bits per heavy atom. The third kappa shape index (κ3) is 4.62. The summed E-state index contributed by atoms with van der Waals surface area (Å²) in [7, 11) is 1.50. The molecule has 3 saturated carbocycles. The highest BCUT2D eigenvalue weighted by Gasteiger charge is 2.59. The van der Waals surface area contributed by atoms with Crippen molar-refractivity contribution >= 4 is 32.7 Å². The number of fused-ring (bicyclic) bond motifs is 4. The molecule has 1 unspecified atom stereocenters. The van der Waals surface area contributed by atoms with Gasteiger partial charge in [-0.25, -0.2) is 9.37 Å². The first-order valence-electron chi connectivity index (χ1n) is 13.8. The summed E-state index contributed by atoms with van der Waals surface area (Å²) in [6.07, 6.45) is 0.767. The number of pyridine rings is 1. The summed E-state index contributed by atoms with van der Waals surface area (Å²) >= 11 is 3.55. The molecule has 3 aliphatic carbocycles. The maximum atomic E-state index is 15.5. The second-order valence-corrected chi connectivity index (χ2v) is 12.4. The average molecular weight is 620 g/mol. The van der Waals surface area contributed by atoms with Crippen molar-refractivity contribution in [2.24, 2.45) is 5.41 Å². The van der Waals surface area contributed by atoms with Crippen LogP contribution in [0.2, 0.25) is 0 Å². The number of aromatic nitrogens is 1. The van der Waals surface area contributed by atoms with E-state index in [4.69, 9.17) is 9.72 Å². The van der Waals surface area contributed by atoms with Crippen LogP contribution in [0.5, 0.6) is 5.75 Å². The number of amides is 1. The minimum atomic E-state index is -1.53. The van der Waals surface area contributed by atoms with E-state index in [-0.39, 0.29) is 5.91 Å². The molecule has 1 amide bonds. The molecular formula is C33H32BrFN2O4. The summed E-state index contributed by atoms with van der Waals surface area (Å²) < 4.78 is 21.9. The number of rotatable bonds is 6. The number of ether oxygens (including phenoxy) is 1. The van der Waals surface area contributed by atoms with Crippen molar-refractivity contribution in [3.05, 3.63) is 93.7 Å². The molecule has 3 fully saturated rings. The van der Waals surface area contributed by atoms with Crippen molar-refractivity contribution in [2.45, 2.75) is 56.8 Å². The Balaban J connectivity index is 1.49. The van der Waals surface area contributed by atoms with Crippen LogP contribution in [0.15, 0.2) is 71.2 Å². The highest BCUT2D eigenvalue weighted by molar-refractivity contribution is 9.10. The molecule has 4 aromatic rings. The van der Waals surface area contributed by atoms with E-state index in [0.717, 1.165) is 26.7 Å². The lowest BCUT2D eigenvalue weighted by Crippen LogP contribution is -2.63. The van der Waals surface area contributed by atoms with Crippen LogP contribution in [0.25, 0.3) is 22.2 Å². The Hall–Kier alpha value is -3.33. The molecule has 0 radical (unpaired) electrons. The van der Waals surface area contributed by atoms with Crippen LogP contribution in [0.1, 0.15) is 59.5 Å². The number of carbonyl (C=O) groups is 1. The molecule has 1 atom stereocenters. The number of nitrogens with zero attached hydrogens (tertiary/aromatic N) is 1. The number of hydrogen-bond acceptors (Lipinski definition) is 5. The first kappa shape index (κ1) is 27.8. The monoisotopic (exact) mass is 618 g/mol. The Morgan fingerprint density at radius 2 is 1.80 bits per heavy atom. The van der Waals surface area contributed by atoms with Crippen molar-refractivity contribution in [3.63, 3.8) is 0 Å². The van der Waals surface area contributed by atoms with Crippen LogP contribution in [0.4, 0.5) is 4.39 Å². The first-order valence-corrected chi connectivity index (χ1v) is 14.6. The van der Waals surface area contributed by atoms with Gasteiger partial charge in [-0.2, -0.15) is 0 Å². The van der Waals surface area contributed by atoms with Crippen molar-refractivity contribution in [1.82, 2.24) is 10.3 Å². The van der Waals surface area contributed by atoms with Gasteiger partial charge >= 0.3 is 0 Å². The van der Waals surface area contributed by atoms with E-state index in [2.05, 4.69) is 21.2 Å². The molecule has 1 aromatic heterocycles. The van der Waals surface area contributed by atoms with Gasteiger partial charge in [0.15, 0.2) is 6.29 Å². The van der Waals surface area contributed by atoms with Gasteiger partial charge in [0.25, 0.3) is 5.91 Å². The molecule has 2 bridgehead atoms. The number of nitrogens with one attached hydrogen (secondary N) is 1. The molecule has 212 valence electrons. The number of carbonyl (C=O) groups excluding carboxylic acids is 1. The molecule has 3 N–H and O–H groups in total. The molecular weight excluding hydrogens is 587 g/mol. The van der Waals surface area contributed by atoms with Crippen LogP contribution >= 0.6 is 15.9 Å². The Labute approximate surface area is 246 Å². The predicted molar refractivity (Wildman–Crippen MR) is 159 cm³/mol. The number of aliphatic hydroxyl groups excluding tert-OH is 1. The number of benzene rings is 3. The Bertz CT molecular complexity index is 1630. The minimum Gasteiger partial charge on any atom is -0.496 e. The SMILES string of the molecule is COc1cccc(F)c1C1CC2(C(O)O)CCC1(NC(=O)c1c(C)c(-c3ccccc3)nc3ccc(Br)cc13)CC2. The van der Waals surface area contributed by atoms with Crippen molar-refractivity contribution < 1.29 is 24.1 Å². The van der Waals surface area contributed by atoms with Crippen LogP contribution in [0, 0.1) is 18.2 Å². The quantitative estimate of drug-likeness (QED) is 0.211. The summed E-state index contributed by atoms with van der Waals surface area (Å²) in [6.45, 7) is 1.91.